The Morgan fingerprint density at radius 3 is 2.90 bits per heavy atom. The van der Waals surface area contributed by atoms with E-state index in [4.69, 9.17) is 4.74 Å². The van der Waals surface area contributed by atoms with Gasteiger partial charge in [-0.05, 0) is 55.7 Å². The van der Waals surface area contributed by atoms with Gasteiger partial charge < -0.3 is 19.9 Å². The molecule has 6 heteroatoms. The minimum atomic E-state index is -0.168. The molecule has 2 heterocycles. The number of carbonyl (C=O) groups is 2. The van der Waals surface area contributed by atoms with Crippen molar-refractivity contribution in [3.05, 3.63) is 59.8 Å². The molecule has 1 aliphatic heterocycles. The molecule has 0 aliphatic carbocycles. The van der Waals surface area contributed by atoms with Gasteiger partial charge in [0.2, 0.25) is 5.91 Å². The fraction of sp³-hybridized carbons (Fsp3) is 0.304. The Hall–Kier alpha value is -3.28. The molecule has 0 saturated carbocycles. The first-order chi connectivity index (χ1) is 14.1. The lowest BCUT2D eigenvalue weighted by molar-refractivity contribution is -0.119. The van der Waals surface area contributed by atoms with E-state index in [1.165, 1.54) is 0 Å². The van der Waals surface area contributed by atoms with Gasteiger partial charge in [0.25, 0.3) is 5.91 Å². The number of H-pyrrole nitrogens is 1. The van der Waals surface area contributed by atoms with E-state index in [1.807, 2.05) is 60.4 Å². The first kappa shape index (κ1) is 19.1. The molecule has 2 N–H and O–H groups in total. The number of hydrogen-bond donors (Lipinski definition) is 2. The van der Waals surface area contributed by atoms with Crippen LogP contribution < -0.4 is 15.0 Å². The quantitative estimate of drug-likeness (QED) is 0.667. The normalized spacial score (nSPS) is 14.2. The lowest BCUT2D eigenvalue weighted by Crippen LogP contribution is -2.35. The first-order valence-corrected chi connectivity index (χ1v) is 10.1. The summed E-state index contributed by atoms with van der Waals surface area (Å²) >= 11 is 0. The molecule has 6 nitrogen and oxygen atoms in total. The summed E-state index contributed by atoms with van der Waals surface area (Å²) in [6, 6.07) is 15.4. The SMILES string of the molecule is CCOc1ccc2cc(C(=O)NCc3cccc(N4CCCCC4=O)c3)[nH]c2c1. The molecule has 1 fully saturated rings. The number of aromatic amines is 1. The largest absolute Gasteiger partial charge is 0.494 e. The Balaban J connectivity index is 1.43. The van der Waals surface area contributed by atoms with E-state index in [1.54, 1.807) is 0 Å². The molecule has 1 saturated heterocycles. The van der Waals surface area contributed by atoms with Gasteiger partial charge in [0.15, 0.2) is 0 Å². The number of hydrogen-bond acceptors (Lipinski definition) is 3. The molecule has 0 atom stereocenters. The Morgan fingerprint density at radius 2 is 2.07 bits per heavy atom. The van der Waals surface area contributed by atoms with Gasteiger partial charge in [0.1, 0.15) is 11.4 Å². The second-order valence-corrected chi connectivity index (χ2v) is 7.22. The van der Waals surface area contributed by atoms with Crippen molar-refractivity contribution < 1.29 is 14.3 Å². The minimum Gasteiger partial charge on any atom is -0.494 e. The highest BCUT2D eigenvalue weighted by molar-refractivity contribution is 5.98. The van der Waals surface area contributed by atoms with Gasteiger partial charge in [0.05, 0.1) is 6.61 Å². The average molecular weight is 391 g/mol. The number of nitrogens with zero attached hydrogens (tertiary/aromatic N) is 1. The summed E-state index contributed by atoms with van der Waals surface area (Å²) in [5, 5.41) is 3.91. The van der Waals surface area contributed by atoms with Crippen LogP contribution in [-0.2, 0) is 11.3 Å². The molecule has 1 aromatic heterocycles. The molecule has 0 bridgehead atoms. The molecule has 29 heavy (non-hydrogen) atoms. The third-order valence-corrected chi connectivity index (χ3v) is 5.15. The zero-order valence-corrected chi connectivity index (χ0v) is 16.5. The van der Waals surface area contributed by atoms with E-state index in [2.05, 4.69) is 10.3 Å². The van der Waals surface area contributed by atoms with Crippen molar-refractivity contribution in [2.24, 2.45) is 0 Å². The number of anilines is 1. The van der Waals surface area contributed by atoms with Crippen LogP contribution in [0.25, 0.3) is 10.9 Å². The van der Waals surface area contributed by atoms with Crippen molar-refractivity contribution >= 4 is 28.4 Å². The standard InChI is InChI=1S/C23H25N3O3/c1-2-29-19-10-9-17-13-21(25-20(17)14-19)23(28)24-15-16-6-5-7-18(12-16)26-11-4-3-8-22(26)27/h5-7,9-10,12-14,25H,2-4,8,11,15H2,1H3,(H,24,28). The third kappa shape index (κ3) is 4.26. The zero-order chi connectivity index (χ0) is 20.2. The monoisotopic (exact) mass is 391 g/mol. The summed E-state index contributed by atoms with van der Waals surface area (Å²) in [6.07, 6.45) is 2.59. The second-order valence-electron chi connectivity index (χ2n) is 7.22. The smallest absolute Gasteiger partial charge is 0.267 e. The highest BCUT2D eigenvalue weighted by Crippen LogP contribution is 2.23. The predicted molar refractivity (Wildman–Crippen MR) is 113 cm³/mol. The van der Waals surface area contributed by atoms with Crippen molar-refractivity contribution in [3.8, 4) is 5.75 Å². The van der Waals surface area contributed by atoms with Gasteiger partial charge in [-0.3, -0.25) is 9.59 Å². The van der Waals surface area contributed by atoms with Crippen molar-refractivity contribution in [3.63, 3.8) is 0 Å². The molecule has 4 rings (SSSR count). The lowest BCUT2D eigenvalue weighted by Gasteiger charge is -2.27. The lowest BCUT2D eigenvalue weighted by atomic mass is 10.1. The van der Waals surface area contributed by atoms with Crippen LogP contribution in [0.3, 0.4) is 0 Å². The molecule has 150 valence electrons. The summed E-state index contributed by atoms with van der Waals surface area (Å²) in [4.78, 5) is 29.7. The molecule has 2 amide bonds. The molecular weight excluding hydrogens is 366 g/mol. The fourth-order valence-corrected chi connectivity index (χ4v) is 3.68. The summed E-state index contributed by atoms with van der Waals surface area (Å²) < 4.78 is 5.51. The van der Waals surface area contributed by atoms with Gasteiger partial charge in [-0.15, -0.1) is 0 Å². The maximum absolute atomic E-state index is 12.6. The number of benzene rings is 2. The molecule has 3 aromatic rings. The van der Waals surface area contributed by atoms with Crippen LogP contribution in [-0.4, -0.2) is 29.9 Å². The number of carbonyl (C=O) groups excluding carboxylic acids is 2. The Morgan fingerprint density at radius 1 is 1.17 bits per heavy atom. The van der Waals surface area contributed by atoms with E-state index in [0.29, 0.717) is 25.3 Å². The molecule has 2 aromatic carbocycles. The molecule has 0 spiro atoms. The number of piperidine rings is 1. The number of ether oxygens (including phenoxy) is 1. The number of rotatable bonds is 6. The molecule has 1 aliphatic rings. The number of nitrogens with one attached hydrogen (secondary N) is 2. The number of fused-ring (bicyclic) bond motifs is 1. The van der Waals surface area contributed by atoms with Crippen LogP contribution in [0.15, 0.2) is 48.5 Å². The van der Waals surface area contributed by atoms with Gasteiger partial charge in [-0.1, -0.05) is 12.1 Å². The maximum Gasteiger partial charge on any atom is 0.267 e. The predicted octanol–water partition coefficient (Wildman–Crippen LogP) is 4.01. The van der Waals surface area contributed by atoms with Gasteiger partial charge in [-0.25, -0.2) is 0 Å². The van der Waals surface area contributed by atoms with Crippen LogP contribution in [0.1, 0.15) is 42.2 Å². The maximum atomic E-state index is 12.6. The van der Waals surface area contributed by atoms with Gasteiger partial charge in [0, 0.05) is 42.2 Å². The Labute approximate surface area is 169 Å². The van der Waals surface area contributed by atoms with E-state index in [9.17, 15) is 9.59 Å². The van der Waals surface area contributed by atoms with Crippen LogP contribution >= 0.6 is 0 Å². The van der Waals surface area contributed by atoms with E-state index >= 15 is 0 Å². The highest BCUT2D eigenvalue weighted by atomic mass is 16.5. The van der Waals surface area contributed by atoms with Gasteiger partial charge >= 0.3 is 0 Å². The van der Waals surface area contributed by atoms with Crippen LogP contribution in [0, 0.1) is 0 Å². The first-order valence-electron chi connectivity index (χ1n) is 10.1. The van der Waals surface area contributed by atoms with E-state index < -0.39 is 0 Å². The van der Waals surface area contributed by atoms with Crippen LogP contribution in [0.4, 0.5) is 5.69 Å². The minimum absolute atomic E-state index is 0.168. The Kier molecular flexibility index (Phi) is 5.51. The Bertz CT molecular complexity index is 1040. The van der Waals surface area contributed by atoms with Crippen LogP contribution in [0.2, 0.25) is 0 Å². The van der Waals surface area contributed by atoms with E-state index in [-0.39, 0.29) is 11.8 Å². The number of aromatic nitrogens is 1. The topological polar surface area (TPSA) is 74.4 Å². The second kappa shape index (κ2) is 8.39. The van der Waals surface area contributed by atoms with Crippen molar-refractivity contribution in [2.75, 3.05) is 18.1 Å². The summed E-state index contributed by atoms with van der Waals surface area (Å²) in [7, 11) is 0. The van der Waals surface area contributed by atoms with Gasteiger partial charge in [-0.2, -0.15) is 0 Å². The highest BCUT2D eigenvalue weighted by Gasteiger charge is 2.19. The average Bonchev–Trinajstić information content (AvgIpc) is 3.16. The molecule has 0 radical (unpaired) electrons. The molecular formula is C23H25N3O3. The van der Waals surface area contributed by atoms with E-state index in [0.717, 1.165) is 47.3 Å². The third-order valence-electron chi connectivity index (χ3n) is 5.15. The number of amides is 2. The fourth-order valence-electron chi connectivity index (χ4n) is 3.68. The summed E-state index contributed by atoms with van der Waals surface area (Å²) in [5.41, 5.74) is 3.24. The van der Waals surface area contributed by atoms with Crippen LogP contribution in [0.5, 0.6) is 5.75 Å². The molecule has 0 unspecified atom stereocenters. The zero-order valence-electron chi connectivity index (χ0n) is 16.5. The van der Waals surface area contributed by atoms with Crippen molar-refractivity contribution in [1.29, 1.82) is 0 Å². The van der Waals surface area contributed by atoms with Crippen molar-refractivity contribution in [2.45, 2.75) is 32.7 Å². The van der Waals surface area contributed by atoms with Crippen molar-refractivity contribution in [1.82, 2.24) is 10.3 Å². The summed E-state index contributed by atoms with van der Waals surface area (Å²) in [5.74, 6) is 0.776. The summed E-state index contributed by atoms with van der Waals surface area (Å²) in [6.45, 7) is 3.69.